The molecule has 0 aliphatic heterocycles. The van der Waals surface area contributed by atoms with Crippen LogP contribution < -0.4 is 10.8 Å². The molecule has 0 atom stereocenters. The first-order valence-electron chi connectivity index (χ1n) is 11.1. The zero-order valence-electron chi connectivity index (χ0n) is 18.5. The first-order chi connectivity index (χ1) is 16.0. The maximum absolute atomic E-state index is 13.0. The number of urea groups is 1. The molecule has 0 fully saturated rings. The molecule has 1 aliphatic rings. The van der Waals surface area contributed by atoms with Crippen molar-refractivity contribution in [3.63, 3.8) is 0 Å². The molecule has 0 spiro atoms. The van der Waals surface area contributed by atoms with Crippen molar-refractivity contribution in [1.82, 2.24) is 15.7 Å². The minimum atomic E-state index is -0.609. The van der Waals surface area contributed by atoms with Crippen molar-refractivity contribution >= 4 is 23.9 Å². The van der Waals surface area contributed by atoms with Gasteiger partial charge in [-0.25, -0.2) is 10.3 Å². The van der Waals surface area contributed by atoms with Gasteiger partial charge in [0.1, 0.15) is 0 Å². The molecule has 7 heteroatoms. The van der Waals surface area contributed by atoms with Gasteiger partial charge in [0.05, 0.1) is 0 Å². The molecule has 33 heavy (non-hydrogen) atoms. The van der Waals surface area contributed by atoms with E-state index in [0.717, 1.165) is 30.4 Å². The van der Waals surface area contributed by atoms with Gasteiger partial charge in [-0.2, -0.15) is 0 Å². The molecule has 172 valence electrons. The summed E-state index contributed by atoms with van der Waals surface area (Å²) >= 11 is 0. The van der Waals surface area contributed by atoms with E-state index in [1.54, 1.807) is 40.7 Å². The molecular weight excluding hydrogens is 418 g/mol. The third-order valence-electron chi connectivity index (χ3n) is 5.52. The number of imide groups is 1. The van der Waals surface area contributed by atoms with Crippen LogP contribution >= 0.6 is 0 Å². The molecule has 0 bridgehead atoms. The van der Waals surface area contributed by atoms with E-state index < -0.39 is 17.8 Å². The van der Waals surface area contributed by atoms with Crippen molar-refractivity contribution in [1.29, 1.82) is 0 Å². The fraction of sp³-hybridized carbons (Fsp3) is 0.269. The lowest BCUT2D eigenvalue weighted by atomic mass is 9.97. The molecule has 2 aromatic rings. The van der Waals surface area contributed by atoms with Crippen LogP contribution in [0.25, 0.3) is 6.08 Å². The van der Waals surface area contributed by atoms with Crippen molar-refractivity contribution in [2.24, 2.45) is 0 Å². The van der Waals surface area contributed by atoms with Crippen molar-refractivity contribution < 1.29 is 19.6 Å². The lowest BCUT2D eigenvalue weighted by Crippen LogP contribution is -2.43. The second kappa shape index (κ2) is 12.4. The van der Waals surface area contributed by atoms with Crippen LogP contribution in [0.5, 0.6) is 0 Å². The maximum atomic E-state index is 13.0. The number of hydrogen-bond acceptors (Lipinski definition) is 4. The molecule has 0 heterocycles. The first kappa shape index (κ1) is 23.9. The molecule has 2 aromatic carbocycles. The van der Waals surface area contributed by atoms with E-state index in [0.29, 0.717) is 18.7 Å². The number of allylic oxidation sites excluding steroid dienone is 1. The molecule has 7 nitrogen and oxygen atoms in total. The lowest BCUT2D eigenvalue weighted by molar-refractivity contribution is -0.124. The van der Waals surface area contributed by atoms with Gasteiger partial charge in [-0.1, -0.05) is 54.1 Å². The van der Waals surface area contributed by atoms with E-state index >= 15 is 0 Å². The Balaban J connectivity index is 1.68. The summed E-state index contributed by atoms with van der Waals surface area (Å²) < 4.78 is 0. The molecule has 0 saturated carbocycles. The smallest absolute Gasteiger partial charge is 0.320 e. The molecule has 0 saturated heterocycles. The van der Waals surface area contributed by atoms with Crippen molar-refractivity contribution in [2.75, 3.05) is 6.54 Å². The number of amides is 4. The minimum Gasteiger partial charge on any atom is -0.320 e. The SMILES string of the molecule is O=C(C=Cc1ccc(CN(CCC2=CCCCC2)C(=O)NC(=O)c2ccccc2)cc1)NO. The highest BCUT2D eigenvalue weighted by Gasteiger charge is 2.18. The highest BCUT2D eigenvalue weighted by Crippen LogP contribution is 2.21. The van der Waals surface area contributed by atoms with Crippen LogP contribution in [0.15, 0.2) is 72.3 Å². The second-order valence-electron chi connectivity index (χ2n) is 7.96. The van der Waals surface area contributed by atoms with Crippen LogP contribution in [0, 0.1) is 0 Å². The molecule has 3 N–H and O–H groups in total. The van der Waals surface area contributed by atoms with Gasteiger partial charge in [-0.15, -0.1) is 0 Å². The summed E-state index contributed by atoms with van der Waals surface area (Å²) in [6.45, 7) is 0.861. The van der Waals surface area contributed by atoms with Gasteiger partial charge in [-0.05, 0) is 61.4 Å². The zero-order valence-corrected chi connectivity index (χ0v) is 18.5. The number of nitrogens with zero attached hydrogens (tertiary/aromatic N) is 1. The fourth-order valence-electron chi connectivity index (χ4n) is 3.66. The second-order valence-corrected chi connectivity index (χ2v) is 7.96. The molecular formula is C26H29N3O4. The first-order valence-corrected chi connectivity index (χ1v) is 11.1. The monoisotopic (exact) mass is 447 g/mol. The number of rotatable bonds is 8. The Morgan fingerprint density at radius 2 is 1.76 bits per heavy atom. The summed E-state index contributed by atoms with van der Waals surface area (Å²) in [7, 11) is 0. The van der Waals surface area contributed by atoms with Gasteiger partial charge in [0, 0.05) is 24.7 Å². The van der Waals surface area contributed by atoms with E-state index in [4.69, 9.17) is 5.21 Å². The van der Waals surface area contributed by atoms with Gasteiger partial charge in [0.25, 0.3) is 11.8 Å². The normalized spacial score (nSPS) is 13.3. The Morgan fingerprint density at radius 3 is 2.42 bits per heavy atom. The van der Waals surface area contributed by atoms with E-state index in [1.165, 1.54) is 24.5 Å². The van der Waals surface area contributed by atoms with E-state index in [9.17, 15) is 14.4 Å². The number of carbonyl (C=O) groups is 3. The highest BCUT2D eigenvalue weighted by atomic mass is 16.5. The predicted octanol–water partition coefficient (Wildman–Crippen LogP) is 4.45. The summed E-state index contributed by atoms with van der Waals surface area (Å²) in [5.41, 5.74) is 5.02. The Bertz CT molecular complexity index is 1010. The summed E-state index contributed by atoms with van der Waals surface area (Å²) in [4.78, 5) is 38.3. The minimum absolute atomic E-state index is 0.350. The topological polar surface area (TPSA) is 98.7 Å². The number of nitrogens with one attached hydrogen (secondary N) is 2. The van der Waals surface area contributed by atoms with Gasteiger partial charge < -0.3 is 4.90 Å². The van der Waals surface area contributed by atoms with Crippen molar-refractivity contribution in [3.8, 4) is 0 Å². The van der Waals surface area contributed by atoms with Crippen molar-refractivity contribution in [3.05, 3.63) is 89.0 Å². The number of hydrogen-bond donors (Lipinski definition) is 3. The molecule has 0 radical (unpaired) electrons. The predicted molar refractivity (Wildman–Crippen MR) is 126 cm³/mol. The zero-order chi connectivity index (χ0) is 23.5. The Labute approximate surface area is 193 Å². The van der Waals surface area contributed by atoms with E-state index in [1.807, 2.05) is 30.3 Å². The molecule has 0 unspecified atom stereocenters. The van der Waals surface area contributed by atoms with Crippen LogP contribution in [-0.2, 0) is 11.3 Å². The molecule has 3 rings (SSSR count). The van der Waals surface area contributed by atoms with Crippen LogP contribution in [0.2, 0.25) is 0 Å². The Kier molecular flexibility index (Phi) is 8.97. The summed E-state index contributed by atoms with van der Waals surface area (Å²) in [6.07, 6.45) is 10.4. The van der Waals surface area contributed by atoms with Gasteiger partial charge >= 0.3 is 6.03 Å². The standard InChI is InChI=1S/C26H29N3O4/c30-24(28-33)16-15-21-11-13-22(14-12-21)19-29(18-17-20-7-3-1-4-8-20)26(32)27-25(31)23-9-5-2-6-10-23/h2,5-7,9-16,33H,1,3-4,8,17-19H2,(H,28,30)(H,27,31,32). The van der Waals surface area contributed by atoms with Crippen molar-refractivity contribution in [2.45, 2.75) is 38.6 Å². The van der Waals surface area contributed by atoms with Crippen LogP contribution in [0.1, 0.15) is 53.6 Å². The van der Waals surface area contributed by atoms with Crippen LogP contribution in [0.3, 0.4) is 0 Å². The summed E-state index contributed by atoms with van der Waals surface area (Å²) in [6, 6.07) is 15.6. The molecule has 1 aliphatic carbocycles. The Hall–Kier alpha value is -3.71. The van der Waals surface area contributed by atoms with Gasteiger partial charge in [0.15, 0.2) is 0 Å². The number of carbonyl (C=O) groups excluding carboxylic acids is 3. The average Bonchev–Trinajstić information content (AvgIpc) is 2.86. The Morgan fingerprint density at radius 1 is 1.00 bits per heavy atom. The van der Waals surface area contributed by atoms with Gasteiger partial charge in [-0.3, -0.25) is 20.1 Å². The summed E-state index contributed by atoms with van der Waals surface area (Å²) in [5.74, 6) is -1.04. The van der Waals surface area contributed by atoms with E-state index in [2.05, 4.69) is 11.4 Å². The average molecular weight is 448 g/mol. The third kappa shape index (κ3) is 7.73. The fourth-order valence-corrected chi connectivity index (χ4v) is 3.66. The summed E-state index contributed by atoms with van der Waals surface area (Å²) in [5, 5.41) is 11.1. The van der Waals surface area contributed by atoms with Crippen LogP contribution in [-0.4, -0.2) is 34.5 Å². The molecule has 4 amide bonds. The highest BCUT2D eigenvalue weighted by molar-refractivity contribution is 6.04. The largest absolute Gasteiger partial charge is 0.324 e. The maximum Gasteiger partial charge on any atom is 0.324 e. The third-order valence-corrected chi connectivity index (χ3v) is 5.52. The lowest BCUT2D eigenvalue weighted by Gasteiger charge is -2.24. The number of hydroxylamine groups is 1. The quantitative estimate of drug-likeness (QED) is 0.241. The number of benzene rings is 2. The van der Waals surface area contributed by atoms with Gasteiger partial charge in [0.2, 0.25) is 0 Å². The van der Waals surface area contributed by atoms with Crippen LogP contribution in [0.4, 0.5) is 4.79 Å². The van der Waals surface area contributed by atoms with E-state index in [-0.39, 0.29) is 0 Å². The molecule has 0 aromatic heterocycles.